The molecule has 116 valence electrons. The minimum absolute atomic E-state index is 0.0160. The van der Waals surface area contributed by atoms with Crippen LogP contribution in [0.15, 0.2) is 12.2 Å². The number of allylic oxidation sites excluding steroid dienone is 2. The van der Waals surface area contributed by atoms with Gasteiger partial charge in [-0.15, -0.1) is 0 Å². The Bertz CT molecular complexity index is 492. The summed E-state index contributed by atoms with van der Waals surface area (Å²) in [5.41, 5.74) is 0.444. The first-order chi connectivity index (χ1) is 9.97. The van der Waals surface area contributed by atoms with Crippen molar-refractivity contribution in [1.29, 1.82) is 0 Å². The Morgan fingerprint density at radius 1 is 1.10 bits per heavy atom. The molecule has 1 heteroatoms. The van der Waals surface area contributed by atoms with Gasteiger partial charge in [-0.2, -0.15) is 0 Å². The Kier molecular flexibility index (Phi) is 2.98. The Morgan fingerprint density at radius 2 is 1.90 bits per heavy atom. The number of carbonyl (C=O) groups excluding carboxylic acids is 1. The average Bonchev–Trinajstić information content (AvgIpc) is 2.70. The first kappa shape index (κ1) is 14.0. The van der Waals surface area contributed by atoms with E-state index in [9.17, 15) is 4.79 Å². The summed E-state index contributed by atoms with van der Waals surface area (Å²) in [5.74, 6) is 4.11. The number of carbonyl (C=O) groups is 1. The third kappa shape index (κ3) is 1.72. The van der Waals surface area contributed by atoms with Crippen LogP contribution >= 0.6 is 0 Å². The lowest BCUT2D eigenvalue weighted by Gasteiger charge is -2.58. The molecule has 21 heavy (non-hydrogen) atoms. The van der Waals surface area contributed by atoms with E-state index in [4.69, 9.17) is 0 Å². The molecule has 4 aliphatic rings. The van der Waals surface area contributed by atoms with Crippen LogP contribution in [0.3, 0.4) is 0 Å². The Hall–Kier alpha value is -0.590. The van der Waals surface area contributed by atoms with Crippen LogP contribution in [0, 0.1) is 40.4 Å². The Morgan fingerprint density at radius 3 is 2.71 bits per heavy atom. The van der Waals surface area contributed by atoms with E-state index in [0.29, 0.717) is 23.0 Å². The molecule has 1 nitrogen and oxygen atoms in total. The van der Waals surface area contributed by atoms with Crippen molar-refractivity contribution < 1.29 is 4.79 Å². The summed E-state index contributed by atoms with van der Waals surface area (Å²) in [5, 5.41) is 0. The third-order valence-corrected chi connectivity index (χ3v) is 8.13. The van der Waals surface area contributed by atoms with E-state index < -0.39 is 0 Å². The zero-order chi connectivity index (χ0) is 14.8. The van der Waals surface area contributed by atoms with Crippen molar-refractivity contribution in [2.45, 2.75) is 65.7 Å². The van der Waals surface area contributed by atoms with E-state index in [1.807, 2.05) is 0 Å². The molecule has 3 saturated carbocycles. The second-order valence-electron chi connectivity index (χ2n) is 8.95. The van der Waals surface area contributed by atoms with Gasteiger partial charge in [0.05, 0.1) is 0 Å². The minimum atomic E-state index is 0.0160. The summed E-state index contributed by atoms with van der Waals surface area (Å²) < 4.78 is 0. The highest BCUT2D eigenvalue weighted by Crippen LogP contribution is 2.65. The van der Waals surface area contributed by atoms with Gasteiger partial charge in [-0.05, 0) is 74.0 Å². The van der Waals surface area contributed by atoms with Crippen LogP contribution in [0.4, 0.5) is 0 Å². The zero-order valence-corrected chi connectivity index (χ0v) is 13.9. The molecule has 0 spiro atoms. The molecule has 0 aromatic carbocycles. The maximum atomic E-state index is 12.7. The zero-order valence-electron chi connectivity index (χ0n) is 13.9. The van der Waals surface area contributed by atoms with E-state index in [1.165, 1.54) is 38.5 Å². The monoisotopic (exact) mass is 286 g/mol. The maximum Gasteiger partial charge on any atom is 0.141 e. The van der Waals surface area contributed by atoms with Gasteiger partial charge < -0.3 is 0 Å². The molecule has 0 radical (unpaired) electrons. The molecule has 7 atom stereocenters. The number of ketones is 1. The van der Waals surface area contributed by atoms with Gasteiger partial charge >= 0.3 is 0 Å². The van der Waals surface area contributed by atoms with Gasteiger partial charge in [0, 0.05) is 11.3 Å². The lowest BCUT2D eigenvalue weighted by Crippen LogP contribution is -2.51. The van der Waals surface area contributed by atoms with Crippen molar-refractivity contribution in [1.82, 2.24) is 0 Å². The number of Topliss-reactive ketones (excluding diaryl/α,β-unsaturated/α-hetero) is 1. The fourth-order valence-electron chi connectivity index (χ4n) is 6.93. The normalized spacial score (nSPS) is 55.8. The van der Waals surface area contributed by atoms with Crippen molar-refractivity contribution in [2.75, 3.05) is 0 Å². The first-order valence-corrected chi connectivity index (χ1v) is 9.19. The van der Waals surface area contributed by atoms with Gasteiger partial charge in [-0.1, -0.05) is 32.9 Å². The number of rotatable bonds is 0. The molecule has 0 saturated heterocycles. The highest BCUT2D eigenvalue weighted by atomic mass is 16.1. The van der Waals surface area contributed by atoms with Crippen LogP contribution in [0.1, 0.15) is 65.7 Å². The summed E-state index contributed by atoms with van der Waals surface area (Å²) in [4.78, 5) is 12.7. The van der Waals surface area contributed by atoms with Crippen LogP contribution in [-0.2, 0) is 4.79 Å². The standard InChI is InChI=1S/C20H30O/c1-13-12-17-15-8-7-14-6-4-5-10-19(14,2)16(15)9-11-20(17,3)18(13)21/h5,10,13-17H,4,6-9,11-12H2,1-3H3/t13?,14?,15-,16-,17+,19+,20+/m1/s1. The Labute approximate surface area is 129 Å². The second-order valence-corrected chi connectivity index (χ2v) is 8.95. The molecule has 0 aliphatic heterocycles. The molecular formula is C20H30O. The summed E-state index contributed by atoms with van der Waals surface area (Å²) in [6.07, 6.45) is 14.1. The van der Waals surface area contributed by atoms with Crippen LogP contribution in [0.25, 0.3) is 0 Å². The van der Waals surface area contributed by atoms with Gasteiger partial charge in [0.15, 0.2) is 0 Å². The van der Waals surface area contributed by atoms with Crippen LogP contribution in [0.2, 0.25) is 0 Å². The molecule has 2 unspecified atom stereocenters. The lowest BCUT2D eigenvalue weighted by atomic mass is 9.46. The van der Waals surface area contributed by atoms with Crippen LogP contribution < -0.4 is 0 Å². The minimum Gasteiger partial charge on any atom is -0.299 e. The average molecular weight is 286 g/mol. The molecule has 0 amide bonds. The second kappa shape index (κ2) is 4.46. The lowest BCUT2D eigenvalue weighted by molar-refractivity contribution is -0.136. The number of hydrogen-bond donors (Lipinski definition) is 0. The van der Waals surface area contributed by atoms with Crippen molar-refractivity contribution in [3.8, 4) is 0 Å². The van der Waals surface area contributed by atoms with Gasteiger partial charge in [0.2, 0.25) is 0 Å². The molecule has 0 bridgehead atoms. The fraction of sp³-hybridized carbons (Fsp3) is 0.850. The van der Waals surface area contributed by atoms with E-state index in [-0.39, 0.29) is 5.41 Å². The summed E-state index contributed by atoms with van der Waals surface area (Å²) in [6.45, 7) is 7.01. The van der Waals surface area contributed by atoms with Crippen molar-refractivity contribution in [3.05, 3.63) is 12.2 Å². The van der Waals surface area contributed by atoms with E-state index >= 15 is 0 Å². The molecule has 3 fully saturated rings. The highest BCUT2D eigenvalue weighted by Gasteiger charge is 2.60. The SMILES string of the molecule is CC1C[C@H]2[C@@H]3CCC4CCC=C[C@]4(C)[C@@H]3CC[C@]2(C)C1=O. The molecule has 0 heterocycles. The van der Waals surface area contributed by atoms with Crippen molar-refractivity contribution in [2.24, 2.45) is 40.4 Å². The highest BCUT2D eigenvalue weighted by molar-refractivity contribution is 5.89. The van der Waals surface area contributed by atoms with E-state index in [0.717, 1.165) is 24.2 Å². The third-order valence-electron chi connectivity index (χ3n) is 8.13. The quantitative estimate of drug-likeness (QED) is 0.572. The number of fused-ring (bicyclic) bond motifs is 5. The summed E-state index contributed by atoms with van der Waals surface area (Å²) >= 11 is 0. The van der Waals surface area contributed by atoms with Gasteiger partial charge in [-0.25, -0.2) is 0 Å². The van der Waals surface area contributed by atoms with Crippen LogP contribution in [0.5, 0.6) is 0 Å². The van der Waals surface area contributed by atoms with Gasteiger partial charge in [0.25, 0.3) is 0 Å². The molecule has 0 N–H and O–H groups in total. The first-order valence-electron chi connectivity index (χ1n) is 9.19. The molecular weight excluding hydrogens is 256 g/mol. The summed E-state index contributed by atoms with van der Waals surface area (Å²) in [6, 6.07) is 0. The fourth-order valence-corrected chi connectivity index (χ4v) is 6.93. The number of hydrogen-bond acceptors (Lipinski definition) is 1. The van der Waals surface area contributed by atoms with E-state index in [1.54, 1.807) is 0 Å². The predicted molar refractivity (Wildman–Crippen MR) is 85.8 cm³/mol. The van der Waals surface area contributed by atoms with Crippen molar-refractivity contribution >= 4 is 5.78 Å². The topological polar surface area (TPSA) is 17.1 Å². The Balaban J connectivity index is 1.70. The molecule has 0 aromatic rings. The summed E-state index contributed by atoms with van der Waals surface area (Å²) in [7, 11) is 0. The maximum absolute atomic E-state index is 12.7. The largest absolute Gasteiger partial charge is 0.299 e. The molecule has 0 aromatic heterocycles. The van der Waals surface area contributed by atoms with Gasteiger partial charge in [-0.3, -0.25) is 4.79 Å². The van der Waals surface area contributed by atoms with E-state index in [2.05, 4.69) is 32.9 Å². The van der Waals surface area contributed by atoms with Gasteiger partial charge in [0.1, 0.15) is 5.78 Å². The predicted octanol–water partition coefficient (Wildman–Crippen LogP) is 5.01. The molecule has 4 aliphatic carbocycles. The molecule has 4 rings (SSSR count). The smallest absolute Gasteiger partial charge is 0.141 e. The van der Waals surface area contributed by atoms with Crippen molar-refractivity contribution in [3.63, 3.8) is 0 Å². The van der Waals surface area contributed by atoms with Crippen LogP contribution in [-0.4, -0.2) is 5.78 Å².